The highest BCUT2D eigenvalue weighted by atomic mass is 79.9. The Labute approximate surface area is 134 Å². The second-order valence-corrected chi connectivity index (χ2v) is 7.13. The summed E-state index contributed by atoms with van der Waals surface area (Å²) in [6.45, 7) is 9.82. The second kappa shape index (κ2) is 6.22. The van der Waals surface area contributed by atoms with Gasteiger partial charge in [0.15, 0.2) is 0 Å². The molecule has 2 rings (SSSR count). The molecule has 1 atom stereocenters. The van der Waals surface area contributed by atoms with E-state index in [4.69, 9.17) is 4.74 Å². The molecule has 1 fully saturated rings. The maximum Gasteiger partial charge on any atom is 0.410 e. The van der Waals surface area contributed by atoms with Gasteiger partial charge < -0.3 is 14.5 Å². The van der Waals surface area contributed by atoms with Crippen molar-refractivity contribution in [3.63, 3.8) is 0 Å². The van der Waals surface area contributed by atoms with Gasteiger partial charge in [0.05, 0.1) is 4.47 Å². The first-order valence-electron chi connectivity index (χ1n) is 7.13. The van der Waals surface area contributed by atoms with Crippen LogP contribution in [0.5, 0.6) is 0 Å². The topological polar surface area (TPSA) is 45.7 Å². The fourth-order valence-corrected chi connectivity index (χ4v) is 2.86. The van der Waals surface area contributed by atoms with Crippen LogP contribution in [0.25, 0.3) is 0 Å². The molecule has 1 aromatic heterocycles. The predicted octanol–water partition coefficient (Wildman–Crippen LogP) is 3.29. The van der Waals surface area contributed by atoms with Gasteiger partial charge in [-0.2, -0.15) is 0 Å². The van der Waals surface area contributed by atoms with Crippen LogP contribution in [0.3, 0.4) is 0 Å². The molecule has 1 aliphatic rings. The number of hydrogen-bond acceptors (Lipinski definition) is 4. The molecular formula is C15H22BrN3O2. The number of carbonyl (C=O) groups is 1. The highest BCUT2D eigenvalue weighted by molar-refractivity contribution is 9.10. The normalized spacial score (nSPS) is 19.6. The smallest absolute Gasteiger partial charge is 0.410 e. The summed E-state index contributed by atoms with van der Waals surface area (Å²) >= 11 is 3.53. The van der Waals surface area contributed by atoms with E-state index in [9.17, 15) is 4.79 Å². The molecule has 21 heavy (non-hydrogen) atoms. The molecule has 0 N–H and O–H groups in total. The number of ether oxygens (including phenoxy) is 1. The monoisotopic (exact) mass is 355 g/mol. The molecule has 0 unspecified atom stereocenters. The van der Waals surface area contributed by atoms with Crippen LogP contribution in [0.2, 0.25) is 0 Å². The van der Waals surface area contributed by atoms with Crippen LogP contribution >= 0.6 is 15.9 Å². The Balaban J connectivity index is 2.03. The average molecular weight is 356 g/mol. The quantitative estimate of drug-likeness (QED) is 0.775. The summed E-state index contributed by atoms with van der Waals surface area (Å²) < 4.78 is 6.43. The van der Waals surface area contributed by atoms with Crippen molar-refractivity contribution in [3.05, 3.63) is 22.8 Å². The van der Waals surface area contributed by atoms with Gasteiger partial charge in [-0.05, 0) is 55.8 Å². The number of piperazine rings is 1. The van der Waals surface area contributed by atoms with Crippen molar-refractivity contribution in [1.82, 2.24) is 9.88 Å². The Bertz CT molecular complexity index is 516. The van der Waals surface area contributed by atoms with Crippen molar-refractivity contribution in [2.24, 2.45) is 0 Å². The molecule has 1 saturated heterocycles. The fourth-order valence-electron chi connectivity index (χ4n) is 2.35. The van der Waals surface area contributed by atoms with Gasteiger partial charge in [0.1, 0.15) is 11.4 Å². The van der Waals surface area contributed by atoms with Crippen molar-refractivity contribution in [3.8, 4) is 0 Å². The van der Waals surface area contributed by atoms with Crippen molar-refractivity contribution in [2.45, 2.75) is 39.3 Å². The van der Waals surface area contributed by atoms with E-state index in [1.54, 1.807) is 11.1 Å². The lowest BCUT2D eigenvalue weighted by molar-refractivity contribution is 0.0158. The van der Waals surface area contributed by atoms with Gasteiger partial charge in [0.25, 0.3) is 0 Å². The first kappa shape index (κ1) is 16.1. The van der Waals surface area contributed by atoms with Crippen LogP contribution < -0.4 is 4.90 Å². The summed E-state index contributed by atoms with van der Waals surface area (Å²) in [6.07, 6.45) is 1.54. The molecular weight excluding hydrogens is 334 g/mol. The zero-order chi connectivity index (χ0) is 15.6. The minimum Gasteiger partial charge on any atom is -0.444 e. The van der Waals surface area contributed by atoms with Gasteiger partial charge in [0, 0.05) is 31.9 Å². The van der Waals surface area contributed by atoms with E-state index in [-0.39, 0.29) is 12.1 Å². The molecule has 6 heteroatoms. The van der Waals surface area contributed by atoms with Gasteiger partial charge in [-0.1, -0.05) is 0 Å². The summed E-state index contributed by atoms with van der Waals surface area (Å²) in [6, 6.07) is 3.96. The standard InChI is InChI=1S/C15H22BrN3O2/c1-11-10-18(13-12(16)6-5-7-17-13)8-9-19(11)14(20)21-15(2,3)4/h5-7,11H,8-10H2,1-4H3/t11-/m0/s1. The Hall–Kier alpha value is -1.30. The molecule has 0 aromatic carbocycles. The molecule has 0 radical (unpaired) electrons. The lowest BCUT2D eigenvalue weighted by atomic mass is 10.2. The molecule has 0 saturated carbocycles. The van der Waals surface area contributed by atoms with Crippen LogP contribution in [0.1, 0.15) is 27.7 Å². The number of aromatic nitrogens is 1. The third-order valence-corrected chi connectivity index (χ3v) is 3.91. The highest BCUT2D eigenvalue weighted by Crippen LogP contribution is 2.25. The highest BCUT2D eigenvalue weighted by Gasteiger charge is 2.31. The zero-order valence-electron chi connectivity index (χ0n) is 13.0. The number of nitrogens with zero attached hydrogens (tertiary/aromatic N) is 3. The summed E-state index contributed by atoms with van der Waals surface area (Å²) in [5, 5.41) is 0. The van der Waals surface area contributed by atoms with Crippen LogP contribution in [0, 0.1) is 0 Å². The van der Waals surface area contributed by atoms with Gasteiger partial charge >= 0.3 is 6.09 Å². The lowest BCUT2D eigenvalue weighted by Gasteiger charge is -2.40. The third-order valence-electron chi connectivity index (χ3n) is 3.29. The number of anilines is 1. The van der Waals surface area contributed by atoms with E-state index in [1.807, 2.05) is 39.8 Å². The minimum absolute atomic E-state index is 0.0857. The molecule has 1 aliphatic heterocycles. The zero-order valence-corrected chi connectivity index (χ0v) is 14.6. The summed E-state index contributed by atoms with van der Waals surface area (Å²) in [7, 11) is 0. The van der Waals surface area contributed by atoms with Gasteiger partial charge in [-0.3, -0.25) is 0 Å². The summed E-state index contributed by atoms with van der Waals surface area (Å²) in [5.74, 6) is 0.924. The Morgan fingerprint density at radius 2 is 2.14 bits per heavy atom. The first-order valence-corrected chi connectivity index (χ1v) is 7.92. The van der Waals surface area contributed by atoms with Crippen molar-refractivity contribution in [1.29, 1.82) is 0 Å². The molecule has 1 aromatic rings. The molecule has 5 nitrogen and oxygen atoms in total. The lowest BCUT2D eigenvalue weighted by Crippen LogP contribution is -2.55. The predicted molar refractivity (Wildman–Crippen MR) is 86.6 cm³/mol. The maximum atomic E-state index is 12.2. The molecule has 0 aliphatic carbocycles. The van der Waals surface area contributed by atoms with E-state index >= 15 is 0 Å². The largest absolute Gasteiger partial charge is 0.444 e. The Morgan fingerprint density at radius 1 is 1.43 bits per heavy atom. The SMILES string of the molecule is C[C@H]1CN(c2ncccc2Br)CCN1C(=O)OC(C)(C)C. The number of rotatable bonds is 1. The number of hydrogen-bond donors (Lipinski definition) is 0. The van der Waals surface area contributed by atoms with Crippen LogP contribution in [-0.4, -0.2) is 47.3 Å². The average Bonchev–Trinajstić information content (AvgIpc) is 2.37. The molecule has 0 spiro atoms. The Kier molecular flexibility index (Phi) is 4.76. The third kappa shape index (κ3) is 4.09. The molecule has 2 heterocycles. The molecule has 0 bridgehead atoms. The fraction of sp³-hybridized carbons (Fsp3) is 0.600. The number of pyridine rings is 1. The van der Waals surface area contributed by atoms with Crippen LogP contribution in [0.15, 0.2) is 22.8 Å². The number of carbonyl (C=O) groups excluding carboxylic acids is 1. The summed E-state index contributed by atoms with van der Waals surface area (Å²) in [5.41, 5.74) is -0.460. The summed E-state index contributed by atoms with van der Waals surface area (Å²) in [4.78, 5) is 20.6. The molecule has 116 valence electrons. The second-order valence-electron chi connectivity index (χ2n) is 6.28. The van der Waals surface area contributed by atoms with Crippen molar-refractivity contribution in [2.75, 3.05) is 24.5 Å². The van der Waals surface area contributed by atoms with Crippen molar-refractivity contribution < 1.29 is 9.53 Å². The van der Waals surface area contributed by atoms with Crippen LogP contribution in [-0.2, 0) is 4.74 Å². The maximum absolute atomic E-state index is 12.2. The van der Waals surface area contributed by atoms with Gasteiger partial charge in [0.2, 0.25) is 0 Å². The van der Waals surface area contributed by atoms with E-state index in [2.05, 4.69) is 25.8 Å². The molecule has 1 amide bonds. The number of amides is 1. The van der Waals surface area contributed by atoms with E-state index in [0.29, 0.717) is 6.54 Å². The van der Waals surface area contributed by atoms with Crippen molar-refractivity contribution >= 4 is 27.8 Å². The van der Waals surface area contributed by atoms with Crippen LogP contribution in [0.4, 0.5) is 10.6 Å². The van der Waals surface area contributed by atoms with Gasteiger partial charge in [-0.15, -0.1) is 0 Å². The Morgan fingerprint density at radius 3 is 2.71 bits per heavy atom. The number of halogens is 1. The van der Waals surface area contributed by atoms with Gasteiger partial charge in [-0.25, -0.2) is 9.78 Å². The van der Waals surface area contributed by atoms with E-state index in [1.165, 1.54) is 0 Å². The first-order chi connectivity index (χ1) is 9.78. The van der Waals surface area contributed by atoms with E-state index < -0.39 is 5.60 Å². The minimum atomic E-state index is -0.460. The van der Waals surface area contributed by atoms with E-state index in [0.717, 1.165) is 23.4 Å².